The average Bonchev–Trinajstić information content (AvgIpc) is 2.99. The maximum Gasteiger partial charge on any atom is 0.211 e. The number of hydrogen-bond acceptors (Lipinski definition) is 4. The first-order chi connectivity index (χ1) is 9.93. The number of rotatable bonds is 5. The lowest BCUT2D eigenvalue weighted by molar-refractivity contribution is 0.284. The van der Waals surface area contributed by atoms with Crippen LogP contribution in [-0.4, -0.2) is 38.1 Å². The van der Waals surface area contributed by atoms with E-state index in [1.807, 2.05) is 0 Å². The highest BCUT2D eigenvalue weighted by Gasteiger charge is 2.36. The number of piperidine rings is 1. The topological polar surface area (TPSA) is 62.6 Å². The summed E-state index contributed by atoms with van der Waals surface area (Å²) in [5.74, 6) is 3.48. The van der Waals surface area contributed by atoms with Crippen LogP contribution in [0.5, 0.6) is 0 Å². The number of nitrogens with one attached hydrogen (secondary N) is 1. The minimum Gasteiger partial charge on any atom is -0.464 e. The normalized spacial score (nSPS) is 27.9. The van der Waals surface area contributed by atoms with Gasteiger partial charge in [-0.15, -0.1) is 0 Å². The third-order valence-corrected chi connectivity index (χ3v) is 5.95. The monoisotopic (exact) mass is 312 g/mol. The van der Waals surface area contributed by atoms with E-state index in [1.54, 1.807) is 4.31 Å². The van der Waals surface area contributed by atoms with Gasteiger partial charge in [-0.1, -0.05) is 6.92 Å². The predicted molar refractivity (Wildman–Crippen MR) is 81.5 cm³/mol. The lowest BCUT2D eigenvalue weighted by atomic mass is 10.1. The molecule has 1 aliphatic heterocycles. The standard InChI is InChI=1S/C15H24N2O3S/c1-11-9-14(11)15-4-3-13(20-15)10-16-12-5-7-17(8-6-12)21(2,18)19/h3-4,11-12,14,16H,5-10H2,1-2H3/t11-,14-/m1/s1. The van der Waals surface area contributed by atoms with Gasteiger partial charge in [-0.3, -0.25) is 0 Å². The van der Waals surface area contributed by atoms with E-state index in [4.69, 9.17) is 4.42 Å². The maximum atomic E-state index is 11.5. The van der Waals surface area contributed by atoms with Gasteiger partial charge in [-0.05, 0) is 37.3 Å². The number of hydrogen-bond donors (Lipinski definition) is 1. The lowest BCUT2D eigenvalue weighted by Gasteiger charge is -2.30. The zero-order chi connectivity index (χ0) is 15.0. The second kappa shape index (κ2) is 5.74. The van der Waals surface area contributed by atoms with Crippen LogP contribution in [0.1, 0.15) is 43.6 Å². The molecule has 0 radical (unpaired) electrons. The molecule has 0 bridgehead atoms. The molecule has 1 aromatic rings. The van der Waals surface area contributed by atoms with Crippen molar-refractivity contribution in [2.24, 2.45) is 5.92 Å². The fourth-order valence-corrected chi connectivity index (χ4v) is 3.92. The summed E-state index contributed by atoms with van der Waals surface area (Å²) in [5, 5.41) is 3.48. The third-order valence-electron chi connectivity index (χ3n) is 4.65. The van der Waals surface area contributed by atoms with E-state index in [1.165, 1.54) is 12.7 Å². The number of nitrogens with zero attached hydrogens (tertiary/aromatic N) is 1. The van der Waals surface area contributed by atoms with Gasteiger partial charge in [0.1, 0.15) is 11.5 Å². The summed E-state index contributed by atoms with van der Waals surface area (Å²) in [7, 11) is -3.03. The van der Waals surface area contributed by atoms with Crippen molar-refractivity contribution in [3.05, 3.63) is 23.7 Å². The zero-order valence-corrected chi connectivity index (χ0v) is 13.5. The molecule has 1 saturated heterocycles. The van der Waals surface area contributed by atoms with Crippen molar-refractivity contribution >= 4 is 10.0 Å². The van der Waals surface area contributed by atoms with Gasteiger partial charge in [0.25, 0.3) is 0 Å². The summed E-state index contributed by atoms with van der Waals surface area (Å²) >= 11 is 0. The highest BCUT2D eigenvalue weighted by molar-refractivity contribution is 7.88. The van der Waals surface area contributed by atoms with E-state index < -0.39 is 10.0 Å². The van der Waals surface area contributed by atoms with E-state index in [0.717, 1.165) is 36.8 Å². The molecule has 5 nitrogen and oxygen atoms in total. The highest BCUT2D eigenvalue weighted by Crippen LogP contribution is 2.47. The highest BCUT2D eigenvalue weighted by atomic mass is 32.2. The Morgan fingerprint density at radius 3 is 2.57 bits per heavy atom. The van der Waals surface area contributed by atoms with Crippen molar-refractivity contribution in [2.75, 3.05) is 19.3 Å². The Labute approximate surface area is 126 Å². The quantitative estimate of drug-likeness (QED) is 0.902. The second-order valence-corrected chi connectivity index (χ2v) is 8.42. The van der Waals surface area contributed by atoms with Gasteiger partial charge in [-0.25, -0.2) is 12.7 Å². The molecule has 0 spiro atoms. The van der Waals surface area contributed by atoms with Gasteiger partial charge in [-0.2, -0.15) is 0 Å². The Bertz CT molecular complexity index is 588. The minimum atomic E-state index is -3.03. The lowest BCUT2D eigenvalue weighted by Crippen LogP contribution is -2.44. The van der Waals surface area contributed by atoms with Gasteiger partial charge in [0, 0.05) is 25.0 Å². The van der Waals surface area contributed by atoms with Gasteiger partial charge in [0.05, 0.1) is 12.8 Å². The van der Waals surface area contributed by atoms with Gasteiger partial charge in [0.15, 0.2) is 0 Å². The molecule has 1 aromatic heterocycles. The van der Waals surface area contributed by atoms with Gasteiger partial charge >= 0.3 is 0 Å². The molecule has 1 N–H and O–H groups in total. The Morgan fingerprint density at radius 2 is 2.00 bits per heavy atom. The molecule has 1 saturated carbocycles. The van der Waals surface area contributed by atoms with E-state index in [-0.39, 0.29) is 0 Å². The second-order valence-electron chi connectivity index (χ2n) is 6.44. The van der Waals surface area contributed by atoms with Crippen LogP contribution in [0.2, 0.25) is 0 Å². The Morgan fingerprint density at radius 1 is 1.33 bits per heavy atom. The maximum absolute atomic E-state index is 11.5. The van der Waals surface area contributed by atoms with E-state index in [0.29, 0.717) is 25.0 Å². The van der Waals surface area contributed by atoms with Gasteiger partial charge in [0.2, 0.25) is 10.0 Å². The molecule has 2 heterocycles. The van der Waals surface area contributed by atoms with Crippen molar-refractivity contribution in [3.8, 4) is 0 Å². The molecule has 0 unspecified atom stereocenters. The molecule has 2 atom stereocenters. The first-order valence-corrected chi connectivity index (χ1v) is 9.55. The van der Waals surface area contributed by atoms with Crippen molar-refractivity contribution in [3.63, 3.8) is 0 Å². The van der Waals surface area contributed by atoms with Crippen molar-refractivity contribution in [2.45, 2.75) is 44.7 Å². The van der Waals surface area contributed by atoms with E-state index in [9.17, 15) is 8.42 Å². The average molecular weight is 312 g/mol. The molecule has 3 rings (SSSR count). The molecule has 118 valence electrons. The van der Waals surface area contributed by atoms with Crippen molar-refractivity contribution < 1.29 is 12.8 Å². The fourth-order valence-electron chi connectivity index (χ4n) is 3.04. The van der Waals surface area contributed by atoms with Crippen LogP contribution < -0.4 is 5.32 Å². The first kappa shape index (κ1) is 15.1. The largest absolute Gasteiger partial charge is 0.464 e. The Kier molecular flexibility index (Phi) is 4.12. The van der Waals surface area contributed by atoms with Crippen LogP contribution in [0.3, 0.4) is 0 Å². The smallest absolute Gasteiger partial charge is 0.211 e. The first-order valence-electron chi connectivity index (χ1n) is 7.70. The zero-order valence-electron chi connectivity index (χ0n) is 12.7. The molecule has 0 aromatic carbocycles. The molecular formula is C15H24N2O3S. The summed E-state index contributed by atoms with van der Waals surface area (Å²) in [6.45, 7) is 4.20. The SMILES string of the molecule is C[C@@H]1C[C@H]1c1ccc(CNC2CCN(S(C)(=O)=O)CC2)o1. The van der Waals surface area contributed by atoms with Crippen LogP contribution in [0.4, 0.5) is 0 Å². The fraction of sp³-hybridized carbons (Fsp3) is 0.733. The number of furan rings is 1. The summed E-state index contributed by atoms with van der Waals surface area (Å²) in [4.78, 5) is 0. The van der Waals surface area contributed by atoms with Crippen LogP contribution in [0.15, 0.2) is 16.5 Å². The predicted octanol–water partition coefficient (Wildman–Crippen LogP) is 1.92. The Balaban J connectivity index is 1.45. The number of sulfonamides is 1. The van der Waals surface area contributed by atoms with Crippen LogP contribution in [-0.2, 0) is 16.6 Å². The third kappa shape index (κ3) is 3.67. The van der Waals surface area contributed by atoms with Crippen LogP contribution >= 0.6 is 0 Å². The van der Waals surface area contributed by atoms with E-state index in [2.05, 4.69) is 24.4 Å². The molecule has 0 amide bonds. The Hall–Kier alpha value is -0.850. The van der Waals surface area contributed by atoms with Crippen molar-refractivity contribution in [1.29, 1.82) is 0 Å². The van der Waals surface area contributed by atoms with Crippen LogP contribution in [0, 0.1) is 5.92 Å². The van der Waals surface area contributed by atoms with Crippen LogP contribution in [0.25, 0.3) is 0 Å². The minimum absolute atomic E-state index is 0.372. The molecule has 2 aliphatic rings. The molecule has 1 aliphatic carbocycles. The van der Waals surface area contributed by atoms with Gasteiger partial charge < -0.3 is 9.73 Å². The molecule has 6 heteroatoms. The summed E-state index contributed by atoms with van der Waals surface area (Å²) in [6, 6.07) is 4.52. The van der Waals surface area contributed by atoms with Crippen molar-refractivity contribution in [1.82, 2.24) is 9.62 Å². The summed E-state index contributed by atoms with van der Waals surface area (Å²) in [6.07, 6.45) is 4.24. The molecule has 2 fully saturated rings. The molecule has 21 heavy (non-hydrogen) atoms. The molecular weight excluding hydrogens is 288 g/mol. The summed E-state index contributed by atoms with van der Waals surface area (Å²) in [5.41, 5.74) is 0. The summed E-state index contributed by atoms with van der Waals surface area (Å²) < 4.78 is 30.4. The van der Waals surface area contributed by atoms with E-state index >= 15 is 0 Å².